The van der Waals surface area contributed by atoms with Gasteiger partial charge in [-0.3, -0.25) is 0 Å². The normalized spacial score (nSPS) is 12.3. The van der Waals surface area contributed by atoms with Crippen LogP contribution in [0, 0.1) is 5.82 Å². The summed E-state index contributed by atoms with van der Waals surface area (Å²) in [5.41, 5.74) is 3.75. The number of ether oxygens (including phenoxy) is 2. The quantitative estimate of drug-likeness (QED) is 0.181. The maximum absolute atomic E-state index is 14.7. The highest BCUT2D eigenvalue weighted by Crippen LogP contribution is 2.26. The van der Waals surface area contributed by atoms with E-state index in [1.165, 1.54) is 12.8 Å². The largest absolute Gasteiger partial charge is 0.472 e. The van der Waals surface area contributed by atoms with Crippen molar-refractivity contribution in [2.24, 2.45) is 0 Å². The van der Waals surface area contributed by atoms with Gasteiger partial charge in [-0.15, -0.1) is 0 Å². The van der Waals surface area contributed by atoms with Crippen molar-refractivity contribution in [2.75, 3.05) is 13.2 Å². The number of fused-ring (bicyclic) bond motifs is 1. The molecule has 3 rings (SSSR count). The van der Waals surface area contributed by atoms with Crippen molar-refractivity contribution in [3.8, 4) is 17.0 Å². The number of allylic oxidation sites excluding steroid dienone is 1. The lowest BCUT2D eigenvalue weighted by Crippen LogP contribution is -2.08. The van der Waals surface area contributed by atoms with Crippen molar-refractivity contribution < 1.29 is 13.9 Å². The lowest BCUT2D eigenvalue weighted by atomic mass is 10.0. The Bertz CT molecular complexity index is 1100. The molecule has 4 nitrogen and oxygen atoms in total. The SMILES string of the molecule is C=CCOc1cnc2cc(-c3ccc(C=CCCCC(C)OCCCCC)c(F)c3)ccc2n1. The Labute approximate surface area is 202 Å². The average Bonchev–Trinajstić information content (AvgIpc) is 2.85. The van der Waals surface area contributed by atoms with Crippen molar-refractivity contribution in [3.63, 3.8) is 0 Å². The summed E-state index contributed by atoms with van der Waals surface area (Å²) in [6, 6.07) is 11.0. The van der Waals surface area contributed by atoms with Crippen LogP contribution in [0.5, 0.6) is 5.88 Å². The number of aromatic nitrogens is 2. The molecule has 2 aromatic carbocycles. The Morgan fingerprint density at radius 1 is 1.06 bits per heavy atom. The molecular formula is C29H35FN2O2. The molecule has 0 bridgehead atoms. The maximum atomic E-state index is 14.7. The summed E-state index contributed by atoms with van der Waals surface area (Å²) >= 11 is 0. The highest BCUT2D eigenvalue weighted by atomic mass is 19.1. The molecule has 5 heteroatoms. The topological polar surface area (TPSA) is 44.2 Å². The molecule has 0 saturated carbocycles. The fourth-order valence-corrected chi connectivity index (χ4v) is 3.68. The van der Waals surface area contributed by atoms with Crippen molar-refractivity contribution in [3.05, 3.63) is 72.7 Å². The number of rotatable bonds is 14. The van der Waals surface area contributed by atoms with E-state index >= 15 is 0 Å². The number of benzene rings is 2. The van der Waals surface area contributed by atoms with Crippen LogP contribution in [0.15, 0.2) is 61.3 Å². The van der Waals surface area contributed by atoms with E-state index in [0.29, 0.717) is 18.1 Å². The van der Waals surface area contributed by atoms with Gasteiger partial charge in [0.25, 0.3) is 0 Å². The van der Waals surface area contributed by atoms with Gasteiger partial charge in [-0.1, -0.05) is 62.8 Å². The van der Waals surface area contributed by atoms with Crippen LogP contribution in [-0.4, -0.2) is 29.3 Å². The van der Waals surface area contributed by atoms with Crippen LogP contribution < -0.4 is 4.74 Å². The zero-order valence-electron chi connectivity index (χ0n) is 20.3. The molecule has 1 aromatic heterocycles. The molecular weight excluding hydrogens is 427 g/mol. The Morgan fingerprint density at radius 2 is 1.88 bits per heavy atom. The Hall–Kier alpha value is -3.05. The maximum Gasteiger partial charge on any atom is 0.233 e. The van der Waals surface area contributed by atoms with Crippen molar-refractivity contribution in [2.45, 2.75) is 58.5 Å². The molecule has 0 saturated heterocycles. The Balaban J connectivity index is 1.55. The molecule has 0 aliphatic rings. The van der Waals surface area contributed by atoms with E-state index < -0.39 is 0 Å². The fourth-order valence-electron chi connectivity index (χ4n) is 3.68. The van der Waals surface area contributed by atoms with E-state index in [2.05, 4.69) is 30.4 Å². The minimum absolute atomic E-state index is 0.235. The second-order valence-electron chi connectivity index (χ2n) is 8.47. The molecule has 1 heterocycles. The summed E-state index contributed by atoms with van der Waals surface area (Å²) in [6.45, 7) is 9.18. The van der Waals surface area contributed by atoms with Crippen LogP contribution in [0.4, 0.5) is 4.39 Å². The molecule has 0 aliphatic carbocycles. The molecule has 34 heavy (non-hydrogen) atoms. The third kappa shape index (κ3) is 7.77. The second kappa shape index (κ2) is 13.6. The molecule has 0 spiro atoms. The van der Waals surface area contributed by atoms with Crippen molar-refractivity contribution in [1.82, 2.24) is 9.97 Å². The minimum atomic E-state index is -0.235. The molecule has 0 radical (unpaired) electrons. The first-order chi connectivity index (χ1) is 16.6. The monoisotopic (exact) mass is 462 g/mol. The molecule has 180 valence electrons. The minimum Gasteiger partial charge on any atom is -0.472 e. The summed E-state index contributed by atoms with van der Waals surface area (Å²) in [6.07, 6.45) is 14.0. The van der Waals surface area contributed by atoms with E-state index in [9.17, 15) is 4.39 Å². The third-order valence-corrected chi connectivity index (χ3v) is 5.63. The van der Waals surface area contributed by atoms with Gasteiger partial charge >= 0.3 is 0 Å². The van der Waals surface area contributed by atoms with Crippen molar-refractivity contribution >= 4 is 17.1 Å². The molecule has 0 amide bonds. The van der Waals surface area contributed by atoms with Crippen LogP contribution in [-0.2, 0) is 4.74 Å². The third-order valence-electron chi connectivity index (χ3n) is 5.63. The van der Waals surface area contributed by atoms with Gasteiger partial charge in [-0.05, 0) is 61.9 Å². The number of unbranched alkanes of at least 4 members (excludes halogenated alkanes) is 3. The first kappa shape index (κ1) is 25.6. The second-order valence-corrected chi connectivity index (χ2v) is 8.47. The number of nitrogens with zero attached hydrogens (tertiary/aromatic N) is 2. The van der Waals surface area contributed by atoms with Gasteiger partial charge in [-0.25, -0.2) is 14.4 Å². The van der Waals surface area contributed by atoms with Crippen molar-refractivity contribution in [1.29, 1.82) is 0 Å². The van der Waals surface area contributed by atoms with Crippen LogP contribution in [0.1, 0.15) is 57.9 Å². The van der Waals surface area contributed by atoms with Crippen LogP contribution >= 0.6 is 0 Å². The zero-order valence-corrected chi connectivity index (χ0v) is 20.3. The lowest BCUT2D eigenvalue weighted by Gasteiger charge is -2.12. The number of halogens is 1. The predicted octanol–water partition coefficient (Wildman–Crippen LogP) is 7.78. The highest BCUT2D eigenvalue weighted by molar-refractivity contribution is 5.81. The van der Waals surface area contributed by atoms with Gasteiger partial charge in [0.05, 0.1) is 23.3 Å². The Kier molecular flexibility index (Phi) is 10.2. The van der Waals surface area contributed by atoms with Gasteiger partial charge in [-0.2, -0.15) is 0 Å². The summed E-state index contributed by atoms with van der Waals surface area (Å²) in [5, 5.41) is 0. The van der Waals surface area contributed by atoms with E-state index in [0.717, 1.165) is 54.5 Å². The lowest BCUT2D eigenvalue weighted by molar-refractivity contribution is 0.0566. The fraction of sp³-hybridized carbons (Fsp3) is 0.379. The van der Waals surface area contributed by atoms with E-state index in [1.807, 2.05) is 42.5 Å². The van der Waals surface area contributed by atoms with Crippen LogP contribution in [0.25, 0.3) is 28.2 Å². The summed E-state index contributed by atoms with van der Waals surface area (Å²) in [5.74, 6) is 0.219. The van der Waals surface area contributed by atoms with Gasteiger partial charge in [0.15, 0.2) is 0 Å². The Morgan fingerprint density at radius 3 is 2.68 bits per heavy atom. The highest BCUT2D eigenvalue weighted by Gasteiger charge is 2.07. The van der Waals surface area contributed by atoms with E-state index in [4.69, 9.17) is 9.47 Å². The van der Waals surface area contributed by atoms with Gasteiger partial charge < -0.3 is 9.47 Å². The molecule has 0 aliphatic heterocycles. The van der Waals surface area contributed by atoms with Gasteiger partial charge in [0.1, 0.15) is 12.4 Å². The van der Waals surface area contributed by atoms with Crippen LogP contribution in [0.3, 0.4) is 0 Å². The number of hydrogen-bond donors (Lipinski definition) is 0. The van der Waals surface area contributed by atoms with Gasteiger partial charge in [0, 0.05) is 12.2 Å². The summed E-state index contributed by atoms with van der Waals surface area (Å²) in [7, 11) is 0. The molecule has 0 N–H and O–H groups in total. The summed E-state index contributed by atoms with van der Waals surface area (Å²) in [4.78, 5) is 8.86. The number of hydrogen-bond acceptors (Lipinski definition) is 4. The van der Waals surface area contributed by atoms with Crippen LogP contribution in [0.2, 0.25) is 0 Å². The summed E-state index contributed by atoms with van der Waals surface area (Å²) < 4.78 is 26.0. The first-order valence-electron chi connectivity index (χ1n) is 12.2. The van der Waals surface area contributed by atoms with E-state index in [1.54, 1.807) is 18.3 Å². The average molecular weight is 463 g/mol. The molecule has 0 fully saturated rings. The molecule has 3 aromatic rings. The predicted molar refractivity (Wildman–Crippen MR) is 138 cm³/mol. The zero-order chi connectivity index (χ0) is 24.2. The van der Waals surface area contributed by atoms with E-state index in [-0.39, 0.29) is 11.9 Å². The standard InChI is InChI=1S/C29H35FN2O2/c1-4-6-10-18-33-22(3)11-8-7-9-12-23-13-14-24(19-26(23)30)25-15-16-27-28(20-25)31-21-29(32-27)34-17-5-2/h5,9,12-16,19-22H,2,4,6-8,10-11,17-18H2,1,3H3. The molecule has 1 unspecified atom stereocenters. The molecule has 1 atom stereocenters. The first-order valence-corrected chi connectivity index (χ1v) is 12.2. The van der Waals surface area contributed by atoms with Gasteiger partial charge in [0.2, 0.25) is 5.88 Å². The smallest absolute Gasteiger partial charge is 0.233 e.